The van der Waals surface area contributed by atoms with Gasteiger partial charge < -0.3 is 14.5 Å². The quantitative estimate of drug-likeness (QED) is 0.227. The molecule has 4 nitrogen and oxygen atoms in total. The second-order valence-electron chi connectivity index (χ2n) is 7.10. The van der Waals surface area contributed by atoms with E-state index in [-0.39, 0.29) is 6.61 Å². The van der Waals surface area contributed by atoms with Crippen molar-refractivity contribution in [1.29, 1.82) is 0 Å². The van der Waals surface area contributed by atoms with Crippen LogP contribution in [0.15, 0.2) is 47.1 Å². The van der Waals surface area contributed by atoms with Crippen molar-refractivity contribution in [2.45, 2.75) is 66.7 Å². The lowest BCUT2D eigenvalue weighted by Gasteiger charge is -2.07. The monoisotopic (exact) mass is 384 g/mol. The fraction of sp³-hybridized carbons (Fsp3) is 0.619. The highest BCUT2D eigenvalue weighted by molar-refractivity contribution is 7.51. The average molecular weight is 384 g/mol. The lowest BCUT2D eigenvalue weighted by molar-refractivity contribution is 0.184. The molecule has 0 aliphatic heterocycles. The molecule has 0 aliphatic rings. The highest BCUT2D eigenvalue weighted by Gasteiger charge is 2.11. The Morgan fingerprint density at radius 1 is 1.00 bits per heavy atom. The largest absolute Gasteiger partial charge is 0.365 e. The van der Waals surface area contributed by atoms with Crippen LogP contribution in [-0.4, -0.2) is 22.7 Å². The molecule has 0 saturated carbocycles. The summed E-state index contributed by atoms with van der Waals surface area (Å²) in [5.41, 5.74) is 4.03. The van der Waals surface area contributed by atoms with Crippen molar-refractivity contribution >= 4 is 7.60 Å². The normalized spacial score (nSPS) is 15.7. The number of rotatable bonds is 13. The molecule has 150 valence electrons. The Morgan fingerprint density at radius 2 is 1.54 bits per heavy atom. The van der Waals surface area contributed by atoms with Crippen molar-refractivity contribution < 1.29 is 19.1 Å². The summed E-state index contributed by atoms with van der Waals surface area (Å²) in [7, 11) is -4.06. The molecule has 0 heterocycles. The van der Waals surface area contributed by atoms with Gasteiger partial charge in [0.2, 0.25) is 0 Å². The molecular formula is C21H37O4P. The standard InChI is InChI=1S/C21H37O4P/c1-6-9-20(4)16-21(5)13-8-11-18(2)10-7-12-19(3)14-15-25-17-26(22,23)24/h6,9-10,13-14,20H,7-8,11-12,15-17H2,1-5H3,(H2,22,23,24)/b9-6?,18-10+,19-14+,21-13+. The van der Waals surface area contributed by atoms with Gasteiger partial charge >= 0.3 is 7.60 Å². The van der Waals surface area contributed by atoms with Crippen LogP contribution >= 0.6 is 7.60 Å². The molecule has 0 bridgehead atoms. The number of allylic oxidation sites excluding steroid dienone is 7. The van der Waals surface area contributed by atoms with Gasteiger partial charge in [0.15, 0.2) is 0 Å². The van der Waals surface area contributed by atoms with Crippen LogP contribution in [0.4, 0.5) is 0 Å². The van der Waals surface area contributed by atoms with Gasteiger partial charge in [0.05, 0.1) is 6.61 Å². The molecule has 0 rings (SSSR count). The average Bonchev–Trinajstić information content (AvgIpc) is 2.50. The van der Waals surface area contributed by atoms with Gasteiger partial charge in [-0.05, 0) is 65.7 Å². The Hall–Kier alpha value is -0.930. The van der Waals surface area contributed by atoms with Crippen LogP contribution in [0.25, 0.3) is 0 Å². The van der Waals surface area contributed by atoms with Crippen molar-refractivity contribution in [3.8, 4) is 0 Å². The van der Waals surface area contributed by atoms with Crippen molar-refractivity contribution in [2.75, 3.05) is 13.0 Å². The molecule has 1 atom stereocenters. The molecule has 0 aliphatic carbocycles. The van der Waals surface area contributed by atoms with E-state index in [0.29, 0.717) is 5.92 Å². The van der Waals surface area contributed by atoms with Crippen molar-refractivity contribution in [1.82, 2.24) is 0 Å². The predicted molar refractivity (Wildman–Crippen MR) is 111 cm³/mol. The van der Waals surface area contributed by atoms with Gasteiger partial charge in [-0.2, -0.15) is 0 Å². The Kier molecular flexibility index (Phi) is 13.7. The summed E-state index contributed by atoms with van der Waals surface area (Å²) in [5, 5.41) is 0. The smallest absolute Gasteiger partial charge is 0.350 e. The van der Waals surface area contributed by atoms with Crippen LogP contribution in [0.3, 0.4) is 0 Å². The van der Waals surface area contributed by atoms with E-state index in [9.17, 15) is 4.57 Å². The van der Waals surface area contributed by atoms with E-state index in [2.05, 4.69) is 52.0 Å². The van der Waals surface area contributed by atoms with Gasteiger partial charge in [0, 0.05) is 0 Å². The van der Waals surface area contributed by atoms with E-state index < -0.39 is 13.9 Å². The minimum absolute atomic E-state index is 0.245. The van der Waals surface area contributed by atoms with Gasteiger partial charge in [0.1, 0.15) is 6.35 Å². The number of ether oxygens (including phenoxy) is 1. The summed E-state index contributed by atoms with van der Waals surface area (Å²) in [6.45, 7) is 11.0. The molecule has 2 N–H and O–H groups in total. The second-order valence-corrected chi connectivity index (χ2v) is 8.69. The fourth-order valence-electron chi connectivity index (χ4n) is 2.66. The van der Waals surface area contributed by atoms with E-state index in [1.54, 1.807) is 0 Å². The van der Waals surface area contributed by atoms with Gasteiger partial charge in [-0.3, -0.25) is 4.57 Å². The van der Waals surface area contributed by atoms with Crippen LogP contribution in [-0.2, 0) is 9.30 Å². The van der Waals surface area contributed by atoms with Crippen LogP contribution in [0.5, 0.6) is 0 Å². The third-order valence-corrected chi connectivity index (χ3v) is 4.56. The summed E-state index contributed by atoms with van der Waals surface area (Å²) in [6, 6.07) is 0. The van der Waals surface area contributed by atoms with Crippen molar-refractivity contribution in [3.63, 3.8) is 0 Å². The maximum absolute atomic E-state index is 10.7. The Morgan fingerprint density at radius 3 is 2.08 bits per heavy atom. The lowest BCUT2D eigenvalue weighted by atomic mass is 10.00. The molecule has 0 spiro atoms. The number of hydrogen-bond acceptors (Lipinski definition) is 2. The first-order valence-electron chi connectivity index (χ1n) is 9.36. The van der Waals surface area contributed by atoms with Crippen molar-refractivity contribution in [2.24, 2.45) is 5.92 Å². The van der Waals surface area contributed by atoms with Crippen LogP contribution in [0.2, 0.25) is 0 Å². The first-order valence-corrected chi connectivity index (χ1v) is 11.2. The Labute approximate surface area is 159 Å². The summed E-state index contributed by atoms with van der Waals surface area (Å²) < 4.78 is 15.6. The maximum Gasteiger partial charge on any atom is 0.350 e. The molecule has 0 amide bonds. The molecule has 0 fully saturated rings. The molecule has 5 heteroatoms. The molecule has 0 aromatic rings. The van der Waals surface area contributed by atoms with Gasteiger partial charge in [-0.25, -0.2) is 0 Å². The van der Waals surface area contributed by atoms with E-state index >= 15 is 0 Å². The van der Waals surface area contributed by atoms with Crippen molar-refractivity contribution in [3.05, 3.63) is 47.1 Å². The third kappa shape index (κ3) is 16.5. The van der Waals surface area contributed by atoms with E-state index in [4.69, 9.17) is 14.5 Å². The summed E-state index contributed by atoms with van der Waals surface area (Å²) in [5.74, 6) is 0.605. The zero-order valence-electron chi connectivity index (χ0n) is 17.1. The Bertz CT molecular complexity index is 552. The van der Waals surface area contributed by atoms with Gasteiger partial charge in [-0.15, -0.1) is 0 Å². The SMILES string of the molecule is CC=CC(C)C/C(C)=C/CC/C(C)=C/CC/C(C)=C/COCP(=O)(O)O. The summed E-state index contributed by atoms with van der Waals surface area (Å²) in [4.78, 5) is 17.4. The predicted octanol–water partition coefficient (Wildman–Crippen LogP) is 6.14. The molecule has 0 radical (unpaired) electrons. The first kappa shape index (κ1) is 25.1. The second kappa shape index (κ2) is 14.2. The number of hydrogen-bond donors (Lipinski definition) is 2. The third-order valence-electron chi connectivity index (χ3n) is 4.04. The Balaban J connectivity index is 4.04. The molecule has 26 heavy (non-hydrogen) atoms. The van der Waals surface area contributed by atoms with Crippen LogP contribution in [0.1, 0.15) is 66.7 Å². The summed E-state index contributed by atoms with van der Waals surface area (Å²) in [6.07, 6.45) is 15.6. The minimum atomic E-state index is -4.06. The molecular weight excluding hydrogens is 347 g/mol. The highest BCUT2D eigenvalue weighted by atomic mass is 31.2. The van der Waals surface area contributed by atoms with Crippen LogP contribution in [0, 0.1) is 5.92 Å². The lowest BCUT2D eigenvalue weighted by Crippen LogP contribution is -1.95. The maximum atomic E-state index is 10.7. The van der Waals surface area contributed by atoms with Crippen LogP contribution < -0.4 is 0 Å². The fourth-order valence-corrected chi connectivity index (χ4v) is 3.00. The van der Waals surface area contributed by atoms with Gasteiger partial charge in [-0.1, -0.05) is 54.0 Å². The molecule has 1 unspecified atom stereocenters. The van der Waals surface area contributed by atoms with E-state index in [0.717, 1.165) is 32.1 Å². The van der Waals surface area contributed by atoms with E-state index in [1.807, 2.05) is 13.0 Å². The topological polar surface area (TPSA) is 66.8 Å². The minimum Gasteiger partial charge on any atom is -0.365 e. The zero-order chi connectivity index (χ0) is 20.0. The molecule has 0 aromatic heterocycles. The summed E-state index contributed by atoms with van der Waals surface area (Å²) >= 11 is 0. The zero-order valence-corrected chi connectivity index (χ0v) is 18.0. The molecule has 0 aromatic carbocycles. The van der Waals surface area contributed by atoms with Gasteiger partial charge in [0.25, 0.3) is 0 Å². The highest BCUT2D eigenvalue weighted by Crippen LogP contribution is 2.33. The van der Waals surface area contributed by atoms with E-state index in [1.165, 1.54) is 16.7 Å². The first-order chi connectivity index (χ1) is 12.1. The molecule has 0 saturated heterocycles.